The monoisotopic (exact) mass is 295 g/mol. The largest absolute Gasteiger partial charge is 0.311 e. The van der Waals surface area contributed by atoms with E-state index in [1.165, 1.54) is 0 Å². The Balaban J connectivity index is 1.73. The lowest BCUT2D eigenvalue weighted by Crippen LogP contribution is -2.18. The number of aryl methyl sites for hydroxylation is 1. The zero-order valence-electron chi connectivity index (χ0n) is 9.60. The first-order valence-electron chi connectivity index (χ1n) is 5.41. The fraction of sp³-hybridized carbons (Fsp3) is 0.364. The van der Waals surface area contributed by atoms with Crippen LogP contribution in [0, 0.1) is 0 Å². The fourth-order valence-electron chi connectivity index (χ4n) is 1.46. The Labute approximate surface area is 108 Å². The Hall–Kier alpha value is -1.27. The molecule has 6 heteroatoms. The molecule has 0 atom stereocenters. The Morgan fingerprint density at radius 3 is 3.00 bits per heavy atom. The molecule has 0 saturated heterocycles. The van der Waals surface area contributed by atoms with Crippen LogP contribution in [0.25, 0.3) is 0 Å². The Kier molecular flexibility index (Phi) is 4.22. The highest BCUT2D eigenvalue weighted by Crippen LogP contribution is 2.05. The number of halogens is 1. The molecule has 0 aliphatic heterocycles. The van der Waals surface area contributed by atoms with Crippen LogP contribution in [-0.4, -0.2) is 26.3 Å². The molecule has 0 aliphatic carbocycles. The molecule has 0 saturated carbocycles. The van der Waals surface area contributed by atoms with Crippen LogP contribution in [-0.2, 0) is 20.0 Å². The Morgan fingerprint density at radius 2 is 2.29 bits per heavy atom. The van der Waals surface area contributed by atoms with Crippen molar-refractivity contribution in [3.05, 3.63) is 40.6 Å². The van der Waals surface area contributed by atoms with Gasteiger partial charge in [-0.1, -0.05) is 6.07 Å². The summed E-state index contributed by atoms with van der Waals surface area (Å²) in [6, 6.07) is 5.90. The van der Waals surface area contributed by atoms with E-state index in [1.807, 2.05) is 25.2 Å². The summed E-state index contributed by atoms with van der Waals surface area (Å²) < 4.78 is 2.58. The van der Waals surface area contributed by atoms with Crippen molar-refractivity contribution in [2.24, 2.45) is 7.05 Å². The van der Waals surface area contributed by atoms with Crippen LogP contribution in [0.15, 0.2) is 29.1 Å². The maximum Gasteiger partial charge on any atom is 0.151 e. The van der Waals surface area contributed by atoms with Crippen molar-refractivity contribution < 1.29 is 0 Å². The number of hydrogen-bond acceptors (Lipinski definition) is 4. The predicted octanol–water partition coefficient (Wildman–Crippen LogP) is 1.30. The molecular weight excluding hydrogens is 282 g/mol. The highest BCUT2D eigenvalue weighted by Gasteiger charge is 1.99. The van der Waals surface area contributed by atoms with Gasteiger partial charge in [-0.3, -0.25) is 4.68 Å². The minimum Gasteiger partial charge on any atom is -0.311 e. The summed E-state index contributed by atoms with van der Waals surface area (Å²) in [6.07, 6.45) is 2.54. The molecule has 2 aromatic heterocycles. The van der Waals surface area contributed by atoms with Gasteiger partial charge in [-0.25, -0.2) is 9.97 Å². The highest BCUT2D eigenvalue weighted by molar-refractivity contribution is 9.10. The van der Waals surface area contributed by atoms with Crippen molar-refractivity contribution in [1.82, 2.24) is 25.1 Å². The van der Waals surface area contributed by atoms with Crippen LogP contribution in [0.4, 0.5) is 0 Å². The molecule has 2 heterocycles. The highest BCUT2D eigenvalue weighted by atomic mass is 79.9. The van der Waals surface area contributed by atoms with Gasteiger partial charge >= 0.3 is 0 Å². The average molecular weight is 296 g/mol. The molecule has 1 N–H and O–H groups in total. The van der Waals surface area contributed by atoms with Crippen molar-refractivity contribution in [3.63, 3.8) is 0 Å². The molecule has 0 aliphatic rings. The van der Waals surface area contributed by atoms with E-state index in [-0.39, 0.29) is 0 Å². The molecule has 17 heavy (non-hydrogen) atoms. The normalized spacial score (nSPS) is 10.7. The van der Waals surface area contributed by atoms with E-state index in [2.05, 4.69) is 36.3 Å². The van der Waals surface area contributed by atoms with E-state index in [4.69, 9.17) is 0 Å². The third kappa shape index (κ3) is 3.90. The number of hydrogen-bond donors (Lipinski definition) is 1. The zero-order valence-corrected chi connectivity index (χ0v) is 11.2. The van der Waals surface area contributed by atoms with Crippen molar-refractivity contribution in [2.75, 3.05) is 6.54 Å². The van der Waals surface area contributed by atoms with Crippen molar-refractivity contribution in [3.8, 4) is 0 Å². The maximum atomic E-state index is 4.34. The van der Waals surface area contributed by atoms with E-state index in [0.717, 1.165) is 35.6 Å². The molecule has 5 nitrogen and oxygen atoms in total. The smallest absolute Gasteiger partial charge is 0.151 e. The molecule has 2 aromatic rings. The van der Waals surface area contributed by atoms with Crippen LogP contribution in [0.3, 0.4) is 0 Å². The van der Waals surface area contributed by atoms with Gasteiger partial charge in [0.05, 0.1) is 5.69 Å². The van der Waals surface area contributed by atoms with Gasteiger partial charge in [0.15, 0.2) is 5.82 Å². The summed E-state index contributed by atoms with van der Waals surface area (Å²) in [7, 11) is 1.87. The second-order valence-electron chi connectivity index (χ2n) is 3.71. The number of nitrogens with one attached hydrogen (secondary N) is 1. The molecule has 0 spiro atoms. The third-order valence-electron chi connectivity index (χ3n) is 2.25. The fourth-order valence-corrected chi connectivity index (χ4v) is 1.84. The molecule has 0 radical (unpaired) electrons. The number of pyridine rings is 1. The van der Waals surface area contributed by atoms with Gasteiger partial charge in [0.1, 0.15) is 10.9 Å². The first-order chi connectivity index (χ1) is 8.24. The first-order valence-corrected chi connectivity index (χ1v) is 6.20. The molecule has 0 amide bonds. The maximum absolute atomic E-state index is 4.34. The van der Waals surface area contributed by atoms with E-state index in [9.17, 15) is 0 Å². The second kappa shape index (κ2) is 5.88. The number of rotatable bonds is 5. The van der Waals surface area contributed by atoms with Crippen LogP contribution in [0.1, 0.15) is 11.5 Å². The molecule has 2 rings (SSSR count). The van der Waals surface area contributed by atoms with Crippen LogP contribution in [0.5, 0.6) is 0 Å². The van der Waals surface area contributed by atoms with Crippen LogP contribution < -0.4 is 5.32 Å². The standard InChI is InChI=1S/C11H14BrN5/c1-17-8-14-11(16-17)5-6-13-7-9-3-2-4-10(12)15-9/h2-4,8,13H,5-7H2,1H3. The Morgan fingerprint density at radius 1 is 1.41 bits per heavy atom. The minimum atomic E-state index is 0.756. The summed E-state index contributed by atoms with van der Waals surface area (Å²) in [4.78, 5) is 8.50. The van der Waals surface area contributed by atoms with Crippen molar-refractivity contribution >= 4 is 15.9 Å². The molecule has 0 bridgehead atoms. The van der Waals surface area contributed by atoms with Gasteiger partial charge in [-0.05, 0) is 28.1 Å². The average Bonchev–Trinajstić information content (AvgIpc) is 2.71. The Bertz CT molecular complexity index is 482. The van der Waals surface area contributed by atoms with E-state index < -0.39 is 0 Å². The van der Waals surface area contributed by atoms with Crippen LogP contribution >= 0.6 is 15.9 Å². The van der Waals surface area contributed by atoms with Gasteiger partial charge in [0.2, 0.25) is 0 Å². The number of aromatic nitrogens is 4. The topological polar surface area (TPSA) is 55.6 Å². The second-order valence-corrected chi connectivity index (χ2v) is 4.53. The summed E-state index contributed by atoms with van der Waals surface area (Å²) >= 11 is 3.35. The third-order valence-corrected chi connectivity index (χ3v) is 2.69. The predicted molar refractivity (Wildman–Crippen MR) is 68.4 cm³/mol. The molecular formula is C11H14BrN5. The van der Waals surface area contributed by atoms with Gasteiger partial charge in [0.25, 0.3) is 0 Å². The molecule has 0 aromatic carbocycles. The lowest BCUT2D eigenvalue weighted by atomic mass is 10.3. The summed E-state index contributed by atoms with van der Waals surface area (Å²) in [5.41, 5.74) is 1.02. The van der Waals surface area contributed by atoms with E-state index >= 15 is 0 Å². The number of nitrogens with zero attached hydrogens (tertiary/aromatic N) is 4. The van der Waals surface area contributed by atoms with Gasteiger partial charge < -0.3 is 5.32 Å². The van der Waals surface area contributed by atoms with Gasteiger partial charge in [0, 0.05) is 26.6 Å². The lowest BCUT2D eigenvalue weighted by molar-refractivity contribution is 0.652. The summed E-state index contributed by atoms with van der Waals surface area (Å²) in [6.45, 7) is 1.60. The van der Waals surface area contributed by atoms with Crippen molar-refractivity contribution in [1.29, 1.82) is 0 Å². The molecule has 90 valence electrons. The first kappa shape index (κ1) is 12.2. The SMILES string of the molecule is Cn1cnc(CCNCc2cccc(Br)n2)n1. The minimum absolute atomic E-state index is 0.756. The van der Waals surface area contributed by atoms with Crippen molar-refractivity contribution in [2.45, 2.75) is 13.0 Å². The summed E-state index contributed by atoms with van der Waals surface area (Å²) in [5.74, 6) is 0.863. The molecule has 0 unspecified atom stereocenters. The van der Waals surface area contributed by atoms with Crippen LogP contribution in [0.2, 0.25) is 0 Å². The quantitative estimate of drug-likeness (QED) is 0.667. The summed E-state index contributed by atoms with van der Waals surface area (Å²) in [5, 5.41) is 7.53. The zero-order chi connectivity index (χ0) is 12.1. The van der Waals surface area contributed by atoms with E-state index in [0.29, 0.717) is 0 Å². The van der Waals surface area contributed by atoms with Gasteiger partial charge in [-0.15, -0.1) is 0 Å². The lowest BCUT2D eigenvalue weighted by Gasteiger charge is -2.02. The van der Waals surface area contributed by atoms with E-state index in [1.54, 1.807) is 11.0 Å². The molecule has 0 fully saturated rings. The van der Waals surface area contributed by atoms with Gasteiger partial charge in [-0.2, -0.15) is 5.10 Å².